The fraction of sp³-hybridized carbons (Fsp3) is 0.273. The molecule has 1 amide bonds. The average Bonchev–Trinajstić information content (AvgIpc) is 2.73. The van der Waals surface area contributed by atoms with Crippen LogP contribution in [0.15, 0.2) is 42.5 Å². The van der Waals surface area contributed by atoms with Crippen molar-refractivity contribution >= 4 is 29.5 Å². The lowest BCUT2D eigenvalue weighted by molar-refractivity contribution is -0.125. The topological polar surface area (TPSA) is 108 Å². The number of carbonyl (C=O) groups excluding carboxylic acids is 4. The molecule has 0 saturated carbocycles. The van der Waals surface area contributed by atoms with Gasteiger partial charge in [0.05, 0.1) is 29.9 Å². The Kier molecular flexibility index (Phi) is 6.46. The number of esters is 3. The van der Waals surface area contributed by atoms with Crippen LogP contribution in [0, 0.1) is 0 Å². The Balaban J connectivity index is 1.84. The van der Waals surface area contributed by atoms with E-state index in [1.54, 1.807) is 38.1 Å². The Hall–Kier alpha value is -3.68. The number of cyclic esters (lactones) is 1. The predicted octanol–water partition coefficient (Wildman–Crippen LogP) is 2.76. The quantitative estimate of drug-likeness (QED) is 0.575. The number of ether oxygens (including phenoxy) is 3. The number of rotatable bonds is 6. The molecule has 2 aromatic carbocycles. The second-order valence-electron chi connectivity index (χ2n) is 6.48. The Morgan fingerprint density at radius 1 is 1.00 bits per heavy atom. The first-order chi connectivity index (χ1) is 14.4. The number of nitrogens with one attached hydrogen (secondary N) is 1. The van der Waals surface area contributed by atoms with Crippen LogP contribution in [-0.4, -0.2) is 43.1 Å². The number of amides is 1. The molecule has 156 valence electrons. The molecule has 0 aromatic heterocycles. The number of anilines is 1. The van der Waals surface area contributed by atoms with Gasteiger partial charge in [-0.1, -0.05) is 18.2 Å². The van der Waals surface area contributed by atoms with Gasteiger partial charge in [0, 0.05) is 12.1 Å². The summed E-state index contributed by atoms with van der Waals surface area (Å²) in [6, 6.07) is 11.0. The SMILES string of the molecule is CCOC(=O)c1cc(NC(=O)C2Cc3ccccc3C(=O)O2)cc(C(=O)OCC)c1. The van der Waals surface area contributed by atoms with Crippen LogP contribution in [0.2, 0.25) is 0 Å². The maximum absolute atomic E-state index is 12.7. The van der Waals surface area contributed by atoms with Crippen LogP contribution in [0.1, 0.15) is 50.5 Å². The van der Waals surface area contributed by atoms with Crippen molar-refractivity contribution in [2.24, 2.45) is 0 Å². The van der Waals surface area contributed by atoms with E-state index in [1.807, 2.05) is 0 Å². The van der Waals surface area contributed by atoms with Crippen LogP contribution >= 0.6 is 0 Å². The van der Waals surface area contributed by atoms with E-state index >= 15 is 0 Å². The first-order valence-electron chi connectivity index (χ1n) is 9.52. The minimum atomic E-state index is -1.04. The van der Waals surface area contributed by atoms with E-state index in [0.29, 0.717) is 11.1 Å². The highest BCUT2D eigenvalue weighted by molar-refractivity contribution is 6.02. The third-order valence-corrected chi connectivity index (χ3v) is 4.41. The van der Waals surface area contributed by atoms with Crippen LogP contribution in [0.5, 0.6) is 0 Å². The predicted molar refractivity (Wildman–Crippen MR) is 106 cm³/mol. The van der Waals surface area contributed by atoms with Crippen LogP contribution < -0.4 is 5.32 Å². The number of fused-ring (bicyclic) bond motifs is 1. The van der Waals surface area contributed by atoms with Gasteiger partial charge in [0.2, 0.25) is 0 Å². The number of hydrogen-bond donors (Lipinski definition) is 1. The molecule has 1 N–H and O–H groups in total. The maximum Gasteiger partial charge on any atom is 0.339 e. The smallest absolute Gasteiger partial charge is 0.339 e. The lowest BCUT2D eigenvalue weighted by atomic mass is 9.98. The summed E-state index contributed by atoms with van der Waals surface area (Å²) in [5, 5.41) is 2.61. The number of hydrogen-bond acceptors (Lipinski definition) is 7. The fourth-order valence-corrected chi connectivity index (χ4v) is 3.06. The summed E-state index contributed by atoms with van der Waals surface area (Å²) >= 11 is 0. The van der Waals surface area contributed by atoms with Gasteiger partial charge >= 0.3 is 17.9 Å². The zero-order valence-electron chi connectivity index (χ0n) is 16.6. The molecule has 1 aliphatic rings. The molecule has 0 aliphatic carbocycles. The molecule has 0 bridgehead atoms. The fourth-order valence-electron chi connectivity index (χ4n) is 3.06. The van der Waals surface area contributed by atoms with Crippen molar-refractivity contribution in [3.63, 3.8) is 0 Å². The molecule has 1 heterocycles. The van der Waals surface area contributed by atoms with Gasteiger partial charge in [0.25, 0.3) is 5.91 Å². The molecule has 8 heteroatoms. The average molecular weight is 411 g/mol. The van der Waals surface area contributed by atoms with E-state index in [2.05, 4.69) is 5.32 Å². The molecule has 30 heavy (non-hydrogen) atoms. The van der Waals surface area contributed by atoms with Gasteiger partial charge in [-0.15, -0.1) is 0 Å². The summed E-state index contributed by atoms with van der Waals surface area (Å²) in [4.78, 5) is 49.2. The van der Waals surface area contributed by atoms with Gasteiger partial charge in [-0.05, 0) is 43.7 Å². The van der Waals surface area contributed by atoms with E-state index in [-0.39, 0.29) is 36.4 Å². The largest absolute Gasteiger partial charge is 0.462 e. The lowest BCUT2D eigenvalue weighted by Gasteiger charge is -2.24. The summed E-state index contributed by atoms with van der Waals surface area (Å²) in [6.45, 7) is 3.62. The number of benzene rings is 2. The highest BCUT2D eigenvalue weighted by Gasteiger charge is 2.31. The zero-order valence-corrected chi connectivity index (χ0v) is 16.6. The van der Waals surface area contributed by atoms with E-state index < -0.39 is 29.9 Å². The Morgan fingerprint density at radius 3 is 2.20 bits per heavy atom. The van der Waals surface area contributed by atoms with Gasteiger partial charge in [-0.2, -0.15) is 0 Å². The van der Waals surface area contributed by atoms with Gasteiger partial charge in [-0.3, -0.25) is 4.79 Å². The Morgan fingerprint density at radius 2 is 1.60 bits per heavy atom. The summed E-state index contributed by atoms with van der Waals surface area (Å²) in [5.74, 6) is -2.44. The van der Waals surface area contributed by atoms with Crippen molar-refractivity contribution in [2.75, 3.05) is 18.5 Å². The van der Waals surface area contributed by atoms with E-state index in [1.165, 1.54) is 18.2 Å². The molecular formula is C22H21NO7. The molecule has 3 rings (SSSR count). The highest BCUT2D eigenvalue weighted by Crippen LogP contribution is 2.23. The molecule has 8 nitrogen and oxygen atoms in total. The molecule has 0 spiro atoms. The van der Waals surface area contributed by atoms with Gasteiger partial charge in [0.15, 0.2) is 6.10 Å². The summed E-state index contributed by atoms with van der Waals surface area (Å²) in [6.07, 6.45) is -0.819. The van der Waals surface area contributed by atoms with E-state index in [9.17, 15) is 19.2 Å². The van der Waals surface area contributed by atoms with Crippen LogP contribution in [0.3, 0.4) is 0 Å². The standard InChI is InChI=1S/C22H21NO7/c1-3-28-20(25)14-9-15(21(26)29-4-2)11-16(10-14)23-19(24)18-12-13-7-5-6-8-17(13)22(27)30-18/h5-11,18H,3-4,12H2,1-2H3,(H,23,24). The lowest BCUT2D eigenvalue weighted by Crippen LogP contribution is -2.38. The van der Waals surface area contributed by atoms with Crippen molar-refractivity contribution in [3.8, 4) is 0 Å². The Labute approximate surface area is 173 Å². The second kappa shape index (κ2) is 9.21. The zero-order chi connectivity index (χ0) is 21.7. The first-order valence-corrected chi connectivity index (χ1v) is 9.52. The van der Waals surface area contributed by atoms with Crippen molar-refractivity contribution in [2.45, 2.75) is 26.4 Å². The number of carbonyl (C=O) groups is 4. The third-order valence-electron chi connectivity index (χ3n) is 4.41. The summed E-state index contributed by atoms with van der Waals surface area (Å²) < 4.78 is 15.2. The molecule has 1 aliphatic heterocycles. The molecule has 2 aromatic rings. The van der Waals surface area contributed by atoms with Crippen LogP contribution in [0.25, 0.3) is 0 Å². The van der Waals surface area contributed by atoms with Gasteiger partial charge < -0.3 is 19.5 Å². The molecule has 0 radical (unpaired) electrons. The molecule has 1 atom stereocenters. The Bertz CT molecular complexity index is 962. The van der Waals surface area contributed by atoms with E-state index in [0.717, 1.165) is 0 Å². The summed E-state index contributed by atoms with van der Waals surface area (Å²) in [7, 11) is 0. The first kappa shape index (κ1) is 21.0. The van der Waals surface area contributed by atoms with Crippen molar-refractivity contribution in [1.82, 2.24) is 0 Å². The van der Waals surface area contributed by atoms with Gasteiger partial charge in [0.1, 0.15) is 0 Å². The highest BCUT2D eigenvalue weighted by atomic mass is 16.6. The summed E-state index contributed by atoms with van der Waals surface area (Å²) in [5.41, 5.74) is 1.49. The normalized spacial score (nSPS) is 14.9. The van der Waals surface area contributed by atoms with Crippen LogP contribution in [0.4, 0.5) is 5.69 Å². The molecule has 1 unspecified atom stereocenters. The molecular weight excluding hydrogens is 390 g/mol. The minimum Gasteiger partial charge on any atom is -0.462 e. The third kappa shape index (κ3) is 4.65. The molecule has 0 fully saturated rings. The van der Waals surface area contributed by atoms with E-state index in [4.69, 9.17) is 14.2 Å². The minimum absolute atomic E-state index is 0.0867. The van der Waals surface area contributed by atoms with Crippen LogP contribution in [-0.2, 0) is 25.4 Å². The van der Waals surface area contributed by atoms with Crippen molar-refractivity contribution < 1.29 is 33.4 Å². The van der Waals surface area contributed by atoms with Gasteiger partial charge in [-0.25, -0.2) is 14.4 Å². The van der Waals surface area contributed by atoms with Crippen molar-refractivity contribution in [1.29, 1.82) is 0 Å². The second-order valence-corrected chi connectivity index (χ2v) is 6.48. The monoisotopic (exact) mass is 411 g/mol. The van der Waals surface area contributed by atoms with Crippen molar-refractivity contribution in [3.05, 3.63) is 64.7 Å². The molecule has 0 saturated heterocycles. The maximum atomic E-state index is 12.7.